The molecule has 0 bridgehead atoms. The van der Waals surface area contributed by atoms with Crippen molar-refractivity contribution >= 4 is 17.4 Å². The zero-order valence-electron chi connectivity index (χ0n) is 20.3. The Bertz CT molecular complexity index is 1290. The summed E-state index contributed by atoms with van der Waals surface area (Å²) in [6.07, 6.45) is -0.0502. The van der Waals surface area contributed by atoms with Crippen molar-refractivity contribution in [2.45, 2.75) is 39.5 Å². The molecule has 0 aromatic heterocycles. The van der Waals surface area contributed by atoms with Crippen LogP contribution in [0.25, 0.3) is 5.76 Å². The normalized spacial score (nSPS) is 17.2. The molecule has 180 valence electrons. The van der Waals surface area contributed by atoms with Crippen LogP contribution in [-0.4, -0.2) is 34.9 Å². The van der Waals surface area contributed by atoms with Crippen molar-refractivity contribution in [1.82, 2.24) is 4.90 Å². The molecule has 1 heterocycles. The number of nitrogens with zero attached hydrogens (tertiary/aromatic N) is 1. The van der Waals surface area contributed by atoms with Gasteiger partial charge in [-0.05, 0) is 50.1 Å². The fourth-order valence-corrected chi connectivity index (χ4v) is 4.42. The lowest BCUT2D eigenvalue weighted by Crippen LogP contribution is -2.29. The molecule has 1 aliphatic heterocycles. The van der Waals surface area contributed by atoms with Gasteiger partial charge in [-0.3, -0.25) is 9.59 Å². The summed E-state index contributed by atoms with van der Waals surface area (Å²) >= 11 is 0. The molecule has 1 amide bonds. The fraction of sp³-hybridized carbons (Fsp3) is 0.241. The van der Waals surface area contributed by atoms with Crippen molar-refractivity contribution in [1.29, 1.82) is 0 Å². The number of ether oxygens (including phenoxy) is 2. The van der Waals surface area contributed by atoms with Crippen molar-refractivity contribution in [3.63, 3.8) is 0 Å². The number of Topliss-reactive ketones (excluding diaryl/α,β-unsaturated/α-hetero) is 1. The van der Waals surface area contributed by atoms with Gasteiger partial charge in [0.2, 0.25) is 0 Å². The number of methoxy groups -OCH3 is 1. The molecular formula is C29H29NO5. The van der Waals surface area contributed by atoms with Crippen LogP contribution in [0.3, 0.4) is 0 Å². The van der Waals surface area contributed by atoms with Gasteiger partial charge in [-0.25, -0.2) is 0 Å². The minimum absolute atomic E-state index is 0.0502. The molecule has 6 nitrogen and oxygen atoms in total. The van der Waals surface area contributed by atoms with E-state index >= 15 is 0 Å². The van der Waals surface area contributed by atoms with Gasteiger partial charge in [0, 0.05) is 11.1 Å². The zero-order chi connectivity index (χ0) is 25.1. The summed E-state index contributed by atoms with van der Waals surface area (Å²) in [6.45, 7) is 5.90. The lowest BCUT2D eigenvalue weighted by molar-refractivity contribution is -0.140. The van der Waals surface area contributed by atoms with E-state index in [-0.39, 0.29) is 24.0 Å². The van der Waals surface area contributed by atoms with Crippen LogP contribution < -0.4 is 9.47 Å². The number of benzene rings is 3. The van der Waals surface area contributed by atoms with Crippen LogP contribution in [-0.2, 0) is 16.1 Å². The first-order valence-electron chi connectivity index (χ1n) is 11.5. The van der Waals surface area contributed by atoms with Crippen molar-refractivity contribution in [2.75, 3.05) is 7.11 Å². The number of likely N-dealkylation sites (tertiary alicyclic amines) is 1. The molecule has 0 saturated carbocycles. The summed E-state index contributed by atoms with van der Waals surface area (Å²) in [4.78, 5) is 28.2. The van der Waals surface area contributed by atoms with Gasteiger partial charge in [0.15, 0.2) is 0 Å². The topological polar surface area (TPSA) is 76.1 Å². The van der Waals surface area contributed by atoms with E-state index in [1.54, 1.807) is 31.4 Å². The molecule has 1 saturated heterocycles. The minimum atomic E-state index is -0.754. The van der Waals surface area contributed by atoms with E-state index in [0.717, 1.165) is 16.7 Å². The lowest BCUT2D eigenvalue weighted by Gasteiger charge is -2.27. The highest BCUT2D eigenvalue weighted by atomic mass is 16.5. The molecule has 1 atom stereocenters. The number of hydrogen-bond acceptors (Lipinski definition) is 5. The summed E-state index contributed by atoms with van der Waals surface area (Å²) in [7, 11) is 1.57. The van der Waals surface area contributed by atoms with Crippen LogP contribution in [0.5, 0.6) is 11.5 Å². The third-order valence-electron chi connectivity index (χ3n) is 6.04. The second-order valence-electron chi connectivity index (χ2n) is 8.79. The second-order valence-corrected chi connectivity index (χ2v) is 8.79. The zero-order valence-corrected chi connectivity index (χ0v) is 20.3. The largest absolute Gasteiger partial charge is 0.507 e. The molecule has 1 aliphatic rings. The van der Waals surface area contributed by atoms with E-state index in [4.69, 9.17) is 9.47 Å². The Morgan fingerprint density at radius 2 is 1.71 bits per heavy atom. The maximum atomic E-state index is 13.4. The first-order chi connectivity index (χ1) is 16.8. The molecule has 35 heavy (non-hydrogen) atoms. The molecule has 6 heteroatoms. The Morgan fingerprint density at radius 1 is 1.00 bits per heavy atom. The van der Waals surface area contributed by atoms with Crippen LogP contribution >= 0.6 is 0 Å². The Balaban J connectivity index is 1.87. The first-order valence-corrected chi connectivity index (χ1v) is 11.5. The molecule has 1 unspecified atom stereocenters. The standard InChI is InChI=1S/C29H29NO5/c1-18(2)35-22-13-9-12-20(16-22)27(31)25-26(23-14-7-5-10-19(23)3)30(29(33)28(25)32)17-21-11-6-8-15-24(21)34-4/h5-16,18,26,31H,17H2,1-4H3/b27-25+. The Morgan fingerprint density at radius 3 is 2.43 bits per heavy atom. The Kier molecular flexibility index (Phi) is 6.92. The third kappa shape index (κ3) is 4.78. The van der Waals surface area contributed by atoms with Crippen molar-refractivity contribution < 1.29 is 24.2 Å². The van der Waals surface area contributed by atoms with Gasteiger partial charge in [0.25, 0.3) is 11.7 Å². The Labute approximate surface area is 205 Å². The predicted octanol–water partition coefficient (Wildman–Crippen LogP) is 5.41. The minimum Gasteiger partial charge on any atom is -0.507 e. The van der Waals surface area contributed by atoms with E-state index in [0.29, 0.717) is 17.1 Å². The number of para-hydroxylation sites is 1. The average molecular weight is 472 g/mol. The number of carbonyl (C=O) groups excluding carboxylic acids is 2. The van der Waals surface area contributed by atoms with Crippen molar-refractivity contribution in [3.8, 4) is 11.5 Å². The summed E-state index contributed by atoms with van der Waals surface area (Å²) in [5.74, 6) is -0.425. The highest BCUT2D eigenvalue weighted by Gasteiger charge is 2.46. The third-order valence-corrected chi connectivity index (χ3v) is 6.04. The number of hydrogen-bond donors (Lipinski definition) is 1. The van der Waals surface area contributed by atoms with Crippen LogP contribution in [0.1, 0.15) is 42.1 Å². The average Bonchev–Trinajstić information content (AvgIpc) is 3.09. The molecule has 1 N–H and O–H groups in total. The number of aliphatic hydroxyl groups is 1. The van der Waals surface area contributed by atoms with Gasteiger partial charge >= 0.3 is 0 Å². The van der Waals surface area contributed by atoms with Crippen LogP contribution in [0, 0.1) is 6.92 Å². The lowest BCUT2D eigenvalue weighted by atomic mass is 9.92. The van der Waals surface area contributed by atoms with Gasteiger partial charge in [-0.2, -0.15) is 0 Å². The molecule has 1 fully saturated rings. The summed E-state index contributed by atoms with van der Waals surface area (Å²) in [5, 5.41) is 11.4. The first kappa shape index (κ1) is 24.1. The monoisotopic (exact) mass is 471 g/mol. The van der Waals surface area contributed by atoms with Crippen LogP contribution in [0.4, 0.5) is 0 Å². The summed E-state index contributed by atoms with van der Waals surface area (Å²) in [5.41, 5.74) is 2.92. The summed E-state index contributed by atoms with van der Waals surface area (Å²) < 4.78 is 11.2. The van der Waals surface area contributed by atoms with Gasteiger partial charge < -0.3 is 19.5 Å². The van der Waals surface area contributed by atoms with E-state index in [2.05, 4.69) is 0 Å². The highest BCUT2D eigenvalue weighted by molar-refractivity contribution is 6.46. The highest BCUT2D eigenvalue weighted by Crippen LogP contribution is 2.42. The molecule has 0 radical (unpaired) electrons. The maximum Gasteiger partial charge on any atom is 0.295 e. The molecule has 3 aromatic carbocycles. The number of ketones is 1. The molecular weight excluding hydrogens is 442 g/mol. The van der Waals surface area contributed by atoms with Gasteiger partial charge in [0.1, 0.15) is 17.3 Å². The quantitative estimate of drug-likeness (QED) is 0.283. The van der Waals surface area contributed by atoms with E-state index in [9.17, 15) is 14.7 Å². The fourth-order valence-electron chi connectivity index (χ4n) is 4.42. The smallest absolute Gasteiger partial charge is 0.295 e. The van der Waals surface area contributed by atoms with E-state index in [1.807, 2.05) is 69.3 Å². The van der Waals surface area contributed by atoms with Crippen LogP contribution in [0.2, 0.25) is 0 Å². The van der Waals surface area contributed by atoms with Crippen molar-refractivity contribution in [3.05, 3.63) is 101 Å². The van der Waals surface area contributed by atoms with Gasteiger partial charge in [-0.15, -0.1) is 0 Å². The van der Waals surface area contributed by atoms with E-state index < -0.39 is 17.7 Å². The number of carbonyl (C=O) groups is 2. The predicted molar refractivity (Wildman–Crippen MR) is 134 cm³/mol. The second kappa shape index (κ2) is 10.1. The number of aryl methyl sites for hydroxylation is 1. The summed E-state index contributed by atoms with van der Waals surface area (Å²) in [6, 6.07) is 21.1. The Hall–Kier alpha value is -4.06. The van der Waals surface area contributed by atoms with Crippen LogP contribution in [0.15, 0.2) is 78.4 Å². The maximum absolute atomic E-state index is 13.4. The number of rotatable bonds is 7. The molecule has 0 spiro atoms. The molecule has 0 aliphatic carbocycles. The van der Waals surface area contributed by atoms with Gasteiger partial charge in [-0.1, -0.05) is 54.6 Å². The molecule has 4 rings (SSSR count). The van der Waals surface area contributed by atoms with Gasteiger partial charge in [0.05, 0.1) is 31.4 Å². The SMILES string of the molecule is COc1ccccc1CN1C(=O)C(=O)/C(=C(/O)c2cccc(OC(C)C)c2)C1c1ccccc1C. The number of amides is 1. The van der Waals surface area contributed by atoms with Crippen molar-refractivity contribution in [2.24, 2.45) is 0 Å². The molecule has 3 aromatic rings. The number of aliphatic hydroxyl groups excluding tert-OH is 1. The van der Waals surface area contributed by atoms with E-state index in [1.165, 1.54) is 4.90 Å².